The molecule has 1 N–H and O–H groups in total. The predicted octanol–water partition coefficient (Wildman–Crippen LogP) is 4.00. The molecule has 102 valence electrons. The Labute approximate surface area is 120 Å². The molecule has 1 rings (SSSR count). The van der Waals surface area contributed by atoms with Crippen LogP contribution in [0.25, 0.3) is 0 Å². The number of aliphatic hydroxyl groups excluding tert-OH is 1. The summed E-state index contributed by atoms with van der Waals surface area (Å²) < 4.78 is 4.74. The standard InChI is InChI=1S/C12H12Cl2N2O3/c1-2-19-12(18)11(10(17)7-13)16-15-9-6-4-3-5-8(9)14/h3-6,17H,2,7H2,1H3/b11-10+,16-15?. The number of aliphatic hydroxyl groups is 1. The van der Waals surface area contributed by atoms with Crippen molar-refractivity contribution < 1.29 is 14.6 Å². The first-order valence-electron chi connectivity index (χ1n) is 5.41. The number of benzene rings is 1. The summed E-state index contributed by atoms with van der Waals surface area (Å²) in [5, 5.41) is 17.3. The fourth-order valence-corrected chi connectivity index (χ4v) is 1.42. The summed E-state index contributed by atoms with van der Waals surface area (Å²) in [5.74, 6) is -1.47. The molecule has 0 unspecified atom stereocenters. The Morgan fingerprint density at radius 2 is 2.11 bits per heavy atom. The maximum Gasteiger partial charge on any atom is 0.362 e. The second kappa shape index (κ2) is 7.76. The molecule has 0 saturated carbocycles. The number of alkyl halides is 1. The van der Waals surface area contributed by atoms with Gasteiger partial charge in [0.15, 0.2) is 0 Å². The molecule has 0 radical (unpaired) electrons. The van der Waals surface area contributed by atoms with Gasteiger partial charge in [0.05, 0.1) is 17.5 Å². The van der Waals surface area contributed by atoms with E-state index in [2.05, 4.69) is 10.2 Å². The Bertz CT molecular complexity index is 515. The molecule has 0 aromatic heterocycles. The van der Waals surface area contributed by atoms with Gasteiger partial charge >= 0.3 is 5.97 Å². The van der Waals surface area contributed by atoms with Crippen molar-refractivity contribution in [2.75, 3.05) is 12.5 Å². The van der Waals surface area contributed by atoms with Crippen LogP contribution in [-0.4, -0.2) is 23.6 Å². The zero-order valence-corrected chi connectivity index (χ0v) is 11.6. The largest absolute Gasteiger partial charge is 0.508 e. The minimum atomic E-state index is -0.795. The highest BCUT2D eigenvalue weighted by Gasteiger charge is 2.16. The summed E-state index contributed by atoms with van der Waals surface area (Å²) in [6.45, 7) is 1.79. The molecule has 0 aliphatic heterocycles. The van der Waals surface area contributed by atoms with E-state index in [0.717, 1.165) is 0 Å². The number of hydrogen-bond acceptors (Lipinski definition) is 5. The molecule has 0 spiro atoms. The van der Waals surface area contributed by atoms with Gasteiger partial charge in [-0.05, 0) is 19.1 Å². The van der Waals surface area contributed by atoms with Gasteiger partial charge in [-0.25, -0.2) is 4.79 Å². The number of nitrogens with zero attached hydrogens (tertiary/aromatic N) is 2. The van der Waals surface area contributed by atoms with Gasteiger partial charge in [-0.2, -0.15) is 0 Å². The summed E-state index contributed by atoms with van der Waals surface area (Å²) in [7, 11) is 0. The van der Waals surface area contributed by atoms with E-state index >= 15 is 0 Å². The molecule has 19 heavy (non-hydrogen) atoms. The number of allylic oxidation sites excluding steroid dienone is 1. The van der Waals surface area contributed by atoms with Crippen LogP contribution in [0.3, 0.4) is 0 Å². The first-order valence-corrected chi connectivity index (χ1v) is 6.32. The third-order valence-corrected chi connectivity index (χ3v) is 2.55. The number of azo groups is 1. The van der Waals surface area contributed by atoms with Gasteiger partial charge in [0, 0.05) is 0 Å². The Balaban J connectivity index is 3.03. The molecular weight excluding hydrogens is 291 g/mol. The third-order valence-electron chi connectivity index (χ3n) is 1.98. The molecule has 1 aromatic rings. The van der Waals surface area contributed by atoms with E-state index in [-0.39, 0.29) is 18.2 Å². The molecular formula is C12H12Cl2N2O3. The smallest absolute Gasteiger partial charge is 0.362 e. The molecule has 0 amide bonds. The number of ether oxygens (including phenoxy) is 1. The molecule has 5 nitrogen and oxygen atoms in total. The second-order valence-corrected chi connectivity index (χ2v) is 3.98. The van der Waals surface area contributed by atoms with Crippen molar-refractivity contribution in [1.82, 2.24) is 0 Å². The molecule has 0 fully saturated rings. The van der Waals surface area contributed by atoms with Crippen molar-refractivity contribution in [3.63, 3.8) is 0 Å². The molecule has 0 aliphatic carbocycles. The summed E-state index contributed by atoms with van der Waals surface area (Å²) in [5.41, 5.74) is 0.0325. The van der Waals surface area contributed by atoms with Gasteiger partial charge in [-0.1, -0.05) is 23.7 Å². The summed E-state index contributed by atoms with van der Waals surface area (Å²) in [6, 6.07) is 6.70. The normalized spacial score (nSPS) is 12.4. The van der Waals surface area contributed by atoms with Crippen LogP contribution in [0.15, 0.2) is 46.0 Å². The van der Waals surface area contributed by atoms with E-state index in [0.29, 0.717) is 10.7 Å². The van der Waals surface area contributed by atoms with Crippen LogP contribution in [0.5, 0.6) is 0 Å². The molecule has 1 aromatic carbocycles. The van der Waals surface area contributed by atoms with Gasteiger partial charge < -0.3 is 9.84 Å². The molecule has 0 atom stereocenters. The fourth-order valence-electron chi connectivity index (χ4n) is 1.12. The average Bonchev–Trinajstić information content (AvgIpc) is 2.41. The number of carbonyl (C=O) groups is 1. The zero-order valence-electron chi connectivity index (χ0n) is 10.1. The van der Waals surface area contributed by atoms with E-state index in [1.54, 1.807) is 31.2 Å². The Kier molecular flexibility index (Phi) is 6.32. The Hall–Kier alpha value is -1.59. The Morgan fingerprint density at radius 3 is 2.68 bits per heavy atom. The Morgan fingerprint density at radius 1 is 1.42 bits per heavy atom. The van der Waals surface area contributed by atoms with Crippen molar-refractivity contribution in [3.05, 3.63) is 40.7 Å². The van der Waals surface area contributed by atoms with Crippen LogP contribution in [0, 0.1) is 0 Å². The summed E-state index contributed by atoms with van der Waals surface area (Å²) in [4.78, 5) is 11.6. The molecule has 0 bridgehead atoms. The van der Waals surface area contributed by atoms with Gasteiger partial charge in [0.1, 0.15) is 11.4 Å². The minimum absolute atomic E-state index is 0.152. The van der Waals surface area contributed by atoms with Crippen LogP contribution in [0.4, 0.5) is 5.69 Å². The van der Waals surface area contributed by atoms with E-state index in [9.17, 15) is 9.90 Å². The summed E-state index contributed by atoms with van der Waals surface area (Å²) >= 11 is 11.3. The van der Waals surface area contributed by atoms with E-state index < -0.39 is 11.7 Å². The maximum atomic E-state index is 11.6. The fraction of sp³-hybridized carbons (Fsp3) is 0.250. The maximum absolute atomic E-state index is 11.6. The first kappa shape index (κ1) is 15.5. The monoisotopic (exact) mass is 302 g/mol. The topological polar surface area (TPSA) is 71.2 Å². The van der Waals surface area contributed by atoms with Crippen molar-refractivity contribution in [2.45, 2.75) is 6.92 Å². The van der Waals surface area contributed by atoms with Crippen LogP contribution in [0.1, 0.15) is 6.92 Å². The second-order valence-electron chi connectivity index (χ2n) is 3.30. The lowest BCUT2D eigenvalue weighted by Gasteiger charge is -2.03. The number of esters is 1. The van der Waals surface area contributed by atoms with Crippen molar-refractivity contribution in [3.8, 4) is 0 Å². The minimum Gasteiger partial charge on any atom is -0.508 e. The van der Waals surface area contributed by atoms with Crippen LogP contribution < -0.4 is 0 Å². The lowest BCUT2D eigenvalue weighted by molar-refractivity contribution is -0.138. The number of rotatable bonds is 5. The molecule has 0 saturated heterocycles. The third kappa shape index (κ3) is 4.54. The van der Waals surface area contributed by atoms with Crippen molar-refractivity contribution >= 4 is 34.9 Å². The lowest BCUT2D eigenvalue weighted by Crippen LogP contribution is -2.09. The van der Waals surface area contributed by atoms with E-state index in [4.69, 9.17) is 27.9 Å². The van der Waals surface area contributed by atoms with Crippen molar-refractivity contribution in [1.29, 1.82) is 0 Å². The number of halogens is 2. The van der Waals surface area contributed by atoms with Crippen LogP contribution in [0.2, 0.25) is 5.02 Å². The highest BCUT2D eigenvalue weighted by molar-refractivity contribution is 6.32. The molecule has 0 heterocycles. The van der Waals surface area contributed by atoms with Gasteiger partial charge in [-0.3, -0.25) is 0 Å². The van der Waals surface area contributed by atoms with Crippen molar-refractivity contribution in [2.24, 2.45) is 10.2 Å². The van der Waals surface area contributed by atoms with Gasteiger partial charge in [0.2, 0.25) is 5.70 Å². The van der Waals surface area contributed by atoms with Gasteiger partial charge in [-0.15, -0.1) is 21.8 Å². The zero-order chi connectivity index (χ0) is 14.3. The predicted molar refractivity (Wildman–Crippen MR) is 73.0 cm³/mol. The average molecular weight is 303 g/mol. The lowest BCUT2D eigenvalue weighted by atomic mass is 10.3. The molecule has 0 aliphatic rings. The van der Waals surface area contributed by atoms with Crippen LogP contribution >= 0.6 is 23.2 Å². The number of hydrogen-bond donors (Lipinski definition) is 1. The quantitative estimate of drug-likeness (QED) is 0.294. The molecule has 7 heteroatoms. The van der Waals surface area contributed by atoms with E-state index in [1.807, 2.05) is 0 Å². The highest BCUT2D eigenvalue weighted by Crippen LogP contribution is 2.25. The SMILES string of the molecule is CCOC(=O)/C(N=Nc1ccccc1Cl)=C(\O)CCl. The van der Waals surface area contributed by atoms with Crippen LogP contribution in [-0.2, 0) is 9.53 Å². The van der Waals surface area contributed by atoms with E-state index in [1.165, 1.54) is 0 Å². The number of carbonyl (C=O) groups excluding carboxylic acids is 1. The summed E-state index contributed by atoms with van der Waals surface area (Å²) in [6.07, 6.45) is 0. The van der Waals surface area contributed by atoms with Gasteiger partial charge in [0.25, 0.3) is 0 Å². The highest BCUT2D eigenvalue weighted by atomic mass is 35.5. The first-order chi connectivity index (χ1) is 9.10.